The van der Waals surface area contributed by atoms with Gasteiger partial charge in [-0.2, -0.15) is 0 Å². The molecule has 0 aromatic heterocycles. The van der Waals surface area contributed by atoms with E-state index in [1.54, 1.807) is 31.2 Å². The number of nitrogens with two attached hydrogens (primary N) is 1. The number of carboxylic acid groups (broad SMARTS) is 1. The Hall–Kier alpha value is -2.12. The zero-order valence-corrected chi connectivity index (χ0v) is 13.6. The first-order chi connectivity index (χ1) is 10.4. The van der Waals surface area contributed by atoms with E-state index in [1.165, 1.54) is 0 Å². The number of ether oxygens (including phenoxy) is 1. The summed E-state index contributed by atoms with van der Waals surface area (Å²) in [5.74, 6) is -1.74. The number of carboxylic acids is 1. The maximum atomic E-state index is 11.7. The normalized spacial score (nSPS) is 11.0. The minimum atomic E-state index is -1.13. The van der Waals surface area contributed by atoms with Gasteiger partial charge in [-0.05, 0) is 31.0 Å². The lowest BCUT2D eigenvalue weighted by atomic mass is 10.1. The van der Waals surface area contributed by atoms with Crippen molar-refractivity contribution in [1.29, 1.82) is 0 Å². The average Bonchev–Trinajstić information content (AvgIpc) is 2.47. The van der Waals surface area contributed by atoms with Gasteiger partial charge in [0, 0.05) is 12.1 Å². The van der Waals surface area contributed by atoms with Gasteiger partial charge in [0.2, 0.25) is 5.91 Å². The lowest BCUT2D eigenvalue weighted by Crippen LogP contribution is -2.31. The van der Waals surface area contributed by atoms with Gasteiger partial charge in [0.05, 0.1) is 13.0 Å². The summed E-state index contributed by atoms with van der Waals surface area (Å²) in [6.07, 6.45) is 0.273. The Bertz CT molecular complexity index is 533. The molecule has 1 amide bonds. The summed E-state index contributed by atoms with van der Waals surface area (Å²) >= 11 is 0. The molecule has 0 aliphatic rings. The van der Waals surface area contributed by atoms with Crippen molar-refractivity contribution < 1.29 is 24.2 Å². The van der Waals surface area contributed by atoms with Crippen LogP contribution in [0, 0.1) is 0 Å². The number of nitrogens with one attached hydrogen (secondary N) is 1. The van der Waals surface area contributed by atoms with Crippen LogP contribution in [0.3, 0.4) is 0 Å². The summed E-state index contributed by atoms with van der Waals surface area (Å²) < 4.78 is 4.85. The highest BCUT2D eigenvalue weighted by molar-refractivity contribution is 5.91. The molecule has 8 heteroatoms. The smallest absolute Gasteiger partial charge is 0.320 e. The third kappa shape index (κ3) is 8.18. The van der Waals surface area contributed by atoms with E-state index in [1.807, 2.05) is 0 Å². The van der Waals surface area contributed by atoms with Crippen LogP contribution in [-0.4, -0.2) is 35.6 Å². The van der Waals surface area contributed by atoms with E-state index in [2.05, 4.69) is 5.32 Å². The fourth-order valence-corrected chi connectivity index (χ4v) is 1.72. The third-order valence-electron chi connectivity index (χ3n) is 2.89. The molecule has 0 radical (unpaired) electrons. The van der Waals surface area contributed by atoms with E-state index >= 15 is 0 Å². The van der Waals surface area contributed by atoms with Gasteiger partial charge < -0.3 is 20.9 Å². The fourth-order valence-electron chi connectivity index (χ4n) is 1.72. The van der Waals surface area contributed by atoms with E-state index in [4.69, 9.17) is 15.6 Å². The number of aliphatic carboxylic acids is 1. The van der Waals surface area contributed by atoms with Gasteiger partial charge in [-0.25, -0.2) is 0 Å². The Balaban J connectivity index is 0.00000484. The molecule has 0 spiro atoms. The van der Waals surface area contributed by atoms with Gasteiger partial charge in [0.25, 0.3) is 0 Å². The van der Waals surface area contributed by atoms with E-state index in [0.717, 1.165) is 5.56 Å². The number of amides is 1. The number of carbonyl (C=O) groups excluding carboxylic acids is 2. The topological polar surface area (TPSA) is 119 Å². The van der Waals surface area contributed by atoms with Crippen molar-refractivity contribution in [2.24, 2.45) is 5.73 Å². The molecular weight excluding hydrogens is 324 g/mol. The number of halogens is 1. The molecule has 0 unspecified atom stereocenters. The summed E-state index contributed by atoms with van der Waals surface area (Å²) in [7, 11) is 0. The molecule has 1 atom stereocenters. The third-order valence-corrected chi connectivity index (χ3v) is 2.89. The molecule has 1 rings (SSSR count). The standard InChI is InChI=1S/C15H20N2O5.ClH/c1-2-22-14(19)9-10-3-5-11(6-4-10)17-13(18)8-7-12(16)15(20)21;/h3-6,12H,2,7-9,16H2,1H3,(H,17,18)(H,20,21);1H/t12-;/m0./s1. The van der Waals surface area contributed by atoms with Crippen LogP contribution in [0.5, 0.6) is 0 Å². The Morgan fingerprint density at radius 3 is 2.39 bits per heavy atom. The molecule has 0 aliphatic carbocycles. The van der Waals surface area contributed by atoms with Gasteiger partial charge in [0.1, 0.15) is 6.04 Å². The van der Waals surface area contributed by atoms with Crippen LogP contribution in [0.2, 0.25) is 0 Å². The highest BCUT2D eigenvalue weighted by atomic mass is 35.5. The van der Waals surface area contributed by atoms with E-state index in [-0.39, 0.29) is 43.5 Å². The second kappa shape index (κ2) is 10.6. The van der Waals surface area contributed by atoms with Gasteiger partial charge in [0.15, 0.2) is 0 Å². The molecule has 1 aromatic carbocycles. The number of esters is 1. The quantitative estimate of drug-likeness (QED) is 0.612. The maximum Gasteiger partial charge on any atom is 0.320 e. The molecule has 7 nitrogen and oxygen atoms in total. The van der Waals surface area contributed by atoms with Crippen LogP contribution in [0.4, 0.5) is 5.69 Å². The minimum absolute atomic E-state index is 0. The zero-order valence-electron chi connectivity index (χ0n) is 12.8. The minimum Gasteiger partial charge on any atom is -0.480 e. The molecule has 23 heavy (non-hydrogen) atoms. The van der Waals surface area contributed by atoms with E-state index < -0.39 is 12.0 Å². The van der Waals surface area contributed by atoms with E-state index in [0.29, 0.717) is 12.3 Å². The first-order valence-corrected chi connectivity index (χ1v) is 6.95. The predicted octanol–water partition coefficient (Wildman–Crippen LogP) is 1.34. The SMILES string of the molecule is CCOC(=O)Cc1ccc(NC(=O)CC[C@H](N)C(=O)O)cc1.Cl. The van der Waals surface area contributed by atoms with E-state index in [9.17, 15) is 14.4 Å². The number of hydrogen-bond acceptors (Lipinski definition) is 5. The van der Waals surface area contributed by atoms with Crippen molar-refractivity contribution in [3.63, 3.8) is 0 Å². The second-order valence-corrected chi connectivity index (χ2v) is 4.71. The Morgan fingerprint density at radius 1 is 1.26 bits per heavy atom. The van der Waals surface area contributed by atoms with Crippen LogP contribution in [0.25, 0.3) is 0 Å². The van der Waals surface area contributed by atoms with Crippen molar-refractivity contribution in [2.75, 3.05) is 11.9 Å². The average molecular weight is 345 g/mol. The molecule has 0 bridgehead atoms. The first kappa shape index (κ1) is 20.9. The van der Waals surface area contributed by atoms with Gasteiger partial charge in [-0.1, -0.05) is 12.1 Å². The molecule has 0 saturated heterocycles. The number of hydrogen-bond donors (Lipinski definition) is 3. The summed E-state index contributed by atoms with van der Waals surface area (Å²) in [6.45, 7) is 2.08. The molecule has 128 valence electrons. The van der Waals surface area contributed by atoms with Crippen molar-refractivity contribution in [3.8, 4) is 0 Å². The lowest BCUT2D eigenvalue weighted by molar-refractivity contribution is -0.142. The Morgan fingerprint density at radius 2 is 1.87 bits per heavy atom. The van der Waals surface area contributed by atoms with Gasteiger partial charge in [-0.3, -0.25) is 14.4 Å². The first-order valence-electron chi connectivity index (χ1n) is 6.95. The summed E-state index contributed by atoms with van der Waals surface area (Å²) in [6, 6.07) is 5.73. The molecule has 0 saturated carbocycles. The predicted molar refractivity (Wildman–Crippen MR) is 87.5 cm³/mol. The van der Waals surface area contributed by atoms with Crippen LogP contribution in [0.1, 0.15) is 25.3 Å². The monoisotopic (exact) mass is 344 g/mol. The Kier molecular flexibility index (Phi) is 9.60. The van der Waals surface area contributed by atoms with Gasteiger partial charge >= 0.3 is 11.9 Å². The van der Waals surface area contributed by atoms with Crippen LogP contribution >= 0.6 is 12.4 Å². The van der Waals surface area contributed by atoms with Crippen molar-refractivity contribution >= 4 is 35.9 Å². The fraction of sp³-hybridized carbons (Fsp3) is 0.400. The van der Waals surface area contributed by atoms with Crippen LogP contribution in [-0.2, 0) is 25.5 Å². The maximum absolute atomic E-state index is 11.7. The number of carbonyl (C=O) groups is 3. The number of anilines is 1. The number of rotatable bonds is 8. The van der Waals surface area contributed by atoms with Gasteiger partial charge in [-0.15, -0.1) is 12.4 Å². The molecule has 4 N–H and O–H groups in total. The highest BCUT2D eigenvalue weighted by Crippen LogP contribution is 2.11. The molecular formula is C15H21ClN2O5. The molecule has 1 aromatic rings. The van der Waals surface area contributed by atoms with Crippen molar-refractivity contribution in [1.82, 2.24) is 0 Å². The summed E-state index contributed by atoms with van der Waals surface area (Å²) in [4.78, 5) is 33.5. The molecule has 0 fully saturated rings. The Labute approximate surface area is 140 Å². The molecule has 0 heterocycles. The van der Waals surface area contributed by atoms with Crippen LogP contribution in [0.15, 0.2) is 24.3 Å². The van der Waals surface area contributed by atoms with Crippen LogP contribution < -0.4 is 11.1 Å². The second-order valence-electron chi connectivity index (χ2n) is 4.71. The van der Waals surface area contributed by atoms with Crippen molar-refractivity contribution in [3.05, 3.63) is 29.8 Å². The zero-order chi connectivity index (χ0) is 16.5. The molecule has 0 aliphatic heterocycles. The largest absolute Gasteiger partial charge is 0.480 e. The lowest BCUT2D eigenvalue weighted by Gasteiger charge is -2.08. The summed E-state index contributed by atoms with van der Waals surface area (Å²) in [5.41, 5.74) is 6.68. The summed E-state index contributed by atoms with van der Waals surface area (Å²) in [5, 5.41) is 11.3. The highest BCUT2D eigenvalue weighted by Gasteiger charge is 2.13. The number of benzene rings is 1. The van der Waals surface area contributed by atoms with Crippen molar-refractivity contribution in [2.45, 2.75) is 32.2 Å².